The van der Waals surface area contributed by atoms with Crippen LogP contribution in [-0.4, -0.2) is 69.2 Å². The zero-order valence-electron chi connectivity index (χ0n) is 17.3. The van der Waals surface area contributed by atoms with Crippen LogP contribution in [0.4, 0.5) is 0 Å². The number of rotatable bonds is 7. The van der Waals surface area contributed by atoms with Gasteiger partial charge in [-0.15, -0.1) is 0 Å². The first-order valence-electron chi connectivity index (χ1n) is 10.3. The zero-order valence-corrected chi connectivity index (χ0v) is 18.2. The Kier molecular flexibility index (Phi) is 7.09. The van der Waals surface area contributed by atoms with E-state index < -0.39 is 16.1 Å². The number of nitrogens with one attached hydrogen (secondary N) is 3. The maximum atomic E-state index is 12.6. The normalized spacial score (nSPS) is 20.9. The predicted octanol–water partition coefficient (Wildman–Crippen LogP) is 0.220. The maximum Gasteiger partial charge on any atom is 0.263 e. The molecule has 10 heteroatoms. The van der Waals surface area contributed by atoms with Gasteiger partial charge in [0.1, 0.15) is 11.9 Å². The fourth-order valence-electron chi connectivity index (χ4n) is 3.56. The van der Waals surface area contributed by atoms with Crippen molar-refractivity contribution in [1.82, 2.24) is 20.3 Å². The fourth-order valence-corrected chi connectivity index (χ4v) is 4.80. The summed E-state index contributed by atoms with van der Waals surface area (Å²) in [4.78, 5) is 31.0. The number of nitrogens with zero attached hydrogens (tertiary/aromatic N) is 2. The number of hydrogen-bond acceptors (Lipinski definition) is 6. The van der Waals surface area contributed by atoms with Gasteiger partial charge in [0.25, 0.3) is 10.0 Å². The van der Waals surface area contributed by atoms with Crippen molar-refractivity contribution in [3.8, 4) is 0 Å². The van der Waals surface area contributed by atoms with Crippen LogP contribution in [0.5, 0.6) is 0 Å². The van der Waals surface area contributed by atoms with Crippen LogP contribution in [0.2, 0.25) is 0 Å². The summed E-state index contributed by atoms with van der Waals surface area (Å²) in [5.41, 5.74) is 0.479. The van der Waals surface area contributed by atoms with Crippen LogP contribution >= 0.6 is 0 Å². The predicted molar refractivity (Wildman–Crippen MR) is 114 cm³/mol. The average Bonchev–Trinajstić information content (AvgIpc) is 2.98. The summed E-state index contributed by atoms with van der Waals surface area (Å²) >= 11 is 0. The van der Waals surface area contributed by atoms with Crippen LogP contribution in [-0.2, 0) is 19.6 Å². The summed E-state index contributed by atoms with van der Waals surface area (Å²) in [6, 6.07) is 5.85. The summed E-state index contributed by atoms with van der Waals surface area (Å²) < 4.78 is 26.8. The summed E-state index contributed by atoms with van der Waals surface area (Å²) in [5, 5.41) is 5.87. The molecule has 2 aliphatic heterocycles. The van der Waals surface area contributed by atoms with Crippen molar-refractivity contribution in [2.24, 2.45) is 4.99 Å². The Morgan fingerprint density at radius 2 is 1.97 bits per heavy atom. The molecule has 1 aromatic rings. The van der Waals surface area contributed by atoms with Crippen molar-refractivity contribution >= 4 is 27.7 Å². The highest BCUT2D eigenvalue weighted by molar-refractivity contribution is 7.90. The van der Waals surface area contributed by atoms with E-state index in [0.29, 0.717) is 18.7 Å². The Morgan fingerprint density at radius 1 is 1.27 bits per heavy atom. The van der Waals surface area contributed by atoms with Gasteiger partial charge >= 0.3 is 0 Å². The molecule has 0 spiro atoms. The number of fused-ring (bicyclic) bond motifs is 1. The standard InChI is InChI=1S/C20H29N5O4S/c1-3-10-21-18(26)13-25-11-8-15(9-12-25)23-20(27)14(2)22-19-16-6-4-5-7-17(16)30(28,29)24-19/h4-7,14-15H,3,8-13H2,1-2H3,(H,21,26)(H,22,24)(H,23,27)/t14-/m0/s1. The number of amides is 2. The molecule has 1 aromatic carbocycles. The first kappa shape index (κ1) is 22.2. The van der Waals surface area contributed by atoms with E-state index in [-0.39, 0.29) is 28.6 Å². The molecular weight excluding hydrogens is 406 g/mol. The number of carbonyl (C=O) groups is 2. The minimum Gasteiger partial charge on any atom is -0.355 e. The van der Waals surface area contributed by atoms with Gasteiger partial charge in [-0.1, -0.05) is 19.1 Å². The van der Waals surface area contributed by atoms with Crippen LogP contribution in [0, 0.1) is 0 Å². The first-order valence-corrected chi connectivity index (χ1v) is 11.8. The van der Waals surface area contributed by atoms with Crippen molar-refractivity contribution in [2.75, 3.05) is 26.2 Å². The van der Waals surface area contributed by atoms with E-state index in [9.17, 15) is 18.0 Å². The molecule has 3 N–H and O–H groups in total. The Balaban J connectivity index is 1.52. The minimum absolute atomic E-state index is 0.0164. The minimum atomic E-state index is -3.63. The topological polar surface area (TPSA) is 120 Å². The first-order chi connectivity index (χ1) is 14.3. The maximum absolute atomic E-state index is 12.6. The number of piperidine rings is 1. The van der Waals surface area contributed by atoms with Gasteiger partial charge in [-0.05, 0) is 38.3 Å². The zero-order chi connectivity index (χ0) is 21.7. The van der Waals surface area contributed by atoms with Gasteiger partial charge in [-0.2, -0.15) is 0 Å². The molecule has 1 fully saturated rings. The van der Waals surface area contributed by atoms with Gasteiger partial charge in [-0.25, -0.2) is 8.42 Å². The van der Waals surface area contributed by atoms with Crippen LogP contribution in [0.3, 0.4) is 0 Å². The van der Waals surface area contributed by atoms with Gasteiger partial charge in [0.15, 0.2) is 0 Å². The molecule has 0 saturated carbocycles. The van der Waals surface area contributed by atoms with E-state index in [1.807, 2.05) is 6.92 Å². The molecule has 2 aliphatic rings. The van der Waals surface area contributed by atoms with E-state index in [1.165, 1.54) is 6.07 Å². The van der Waals surface area contributed by atoms with E-state index >= 15 is 0 Å². The molecule has 0 radical (unpaired) electrons. The van der Waals surface area contributed by atoms with Crippen LogP contribution in [0.15, 0.2) is 34.2 Å². The molecule has 2 amide bonds. The monoisotopic (exact) mass is 435 g/mol. The Labute approximate surface area is 177 Å². The molecule has 164 valence electrons. The third-order valence-corrected chi connectivity index (χ3v) is 6.64. The number of benzene rings is 1. The van der Waals surface area contributed by atoms with E-state index in [0.717, 1.165) is 32.4 Å². The van der Waals surface area contributed by atoms with Crippen LogP contribution in [0.1, 0.15) is 38.7 Å². The summed E-state index contributed by atoms with van der Waals surface area (Å²) in [6.07, 6.45) is 2.42. The molecule has 0 bridgehead atoms. The number of sulfonamides is 1. The lowest BCUT2D eigenvalue weighted by Gasteiger charge is -2.32. The molecule has 0 aliphatic carbocycles. The lowest BCUT2D eigenvalue weighted by molar-refractivity contribution is -0.124. The van der Waals surface area contributed by atoms with E-state index in [2.05, 4.69) is 25.2 Å². The molecular formula is C20H29N5O4S. The highest BCUT2D eigenvalue weighted by Gasteiger charge is 2.31. The number of amidine groups is 1. The molecule has 9 nitrogen and oxygen atoms in total. The molecule has 1 atom stereocenters. The van der Waals surface area contributed by atoms with Crippen LogP contribution in [0.25, 0.3) is 0 Å². The number of hydrogen-bond donors (Lipinski definition) is 3. The number of carbonyl (C=O) groups excluding carboxylic acids is 2. The quantitative estimate of drug-likeness (QED) is 0.566. The highest BCUT2D eigenvalue weighted by Crippen LogP contribution is 2.22. The second-order valence-electron chi connectivity index (χ2n) is 7.66. The summed E-state index contributed by atoms with van der Waals surface area (Å²) in [6.45, 7) is 6.20. The Bertz CT molecular complexity index is 923. The lowest BCUT2D eigenvalue weighted by atomic mass is 10.0. The number of aliphatic imine (C=N–C) groups is 1. The molecule has 30 heavy (non-hydrogen) atoms. The Morgan fingerprint density at radius 3 is 2.67 bits per heavy atom. The van der Waals surface area contributed by atoms with Gasteiger partial charge in [0, 0.05) is 31.2 Å². The second kappa shape index (κ2) is 9.57. The van der Waals surface area contributed by atoms with Crippen molar-refractivity contribution in [3.63, 3.8) is 0 Å². The summed E-state index contributed by atoms with van der Waals surface area (Å²) in [7, 11) is -3.63. The highest BCUT2D eigenvalue weighted by atomic mass is 32.2. The smallest absolute Gasteiger partial charge is 0.263 e. The molecule has 3 rings (SSSR count). The van der Waals surface area contributed by atoms with Gasteiger partial charge in [0.2, 0.25) is 11.8 Å². The van der Waals surface area contributed by atoms with Crippen LogP contribution < -0.4 is 15.4 Å². The molecule has 2 heterocycles. The average molecular weight is 436 g/mol. The number of likely N-dealkylation sites (tertiary alicyclic amines) is 1. The second-order valence-corrected chi connectivity index (χ2v) is 9.32. The van der Waals surface area contributed by atoms with Crippen molar-refractivity contribution in [1.29, 1.82) is 0 Å². The van der Waals surface area contributed by atoms with Gasteiger partial charge in [-0.3, -0.25) is 24.2 Å². The van der Waals surface area contributed by atoms with Crippen molar-refractivity contribution in [3.05, 3.63) is 29.8 Å². The summed E-state index contributed by atoms with van der Waals surface area (Å²) in [5.74, 6) is -0.0190. The fraction of sp³-hybridized carbons (Fsp3) is 0.550. The third-order valence-electron chi connectivity index (χ3n) is 5.24. The van der Waals surface area contributed by atoms with Gasteiger partial charge in [0.05, 0.1) is 11.4 Å². The molecule has 1 saturated heterocycles. The van der Waals surface area contributed by atoms with Crippen molar-refractivity contribution < 1.29 is 18.0 Å². The third kappa shape index (κ3) is 5.37. The van der Waals surface area contributed by atoms with Gasteiger partial charge < -0.3 is 10.6 Å². The SMILES string of the molecule is CCCNC(=O)CN1CCC(NC(=O)[C@H](C)N=C2NS(=O)(=O)c3ccccc32)CC1. The molecule has 0 aromatic heterocycles. The Hall–Kier alpha value is -2.46. The van der Waals surface area contributed by atoms with Crippen molar-refractivity contribution in [2.45, 2.75) is 50.1 Å². The van der Waals surface area contributed by atoms with E-state index in [4.69, 9.17) is 0 Å². The largest absolute Gasteiger partial charge is 0.355 e. The lowest BCUT2D eigenvalue weighted by Crippen LogP contribution is -2.49. The van der Waals surface area contributed by atoms with E-state index in [1.54, 1.807) is 25.1 Å². The molecule has 0 unspecified atom stereocenters.